The van der Waals surface area contributed by atoms with Gasteiger partial charge in [0.1, 0.15) is 0 Å². The SMILES string of the molecule is Cc1ccc(C)c2[cH-]c(P(C)C)cc12.Cc1ccc(C)c2[cH-]c(P(C)C)cc12.[Cl-].[Cl-].[Hf+4]. The van der Waals surface area contributed by atoms with E-state index in [0.717, 1.165) is 0 Å². The van der Waals surface area contributed by atoms with Crippen molar-refractivity contribution in [2.45, 2.75) is 27.7 Å². The molecule has 4 aromatic carbocycles. The van der Waals surface area contributed by atoms with Gasteiger partial charge in [-0.05, 0) is 40.5 Å². The van der Waals surface area contributed by atoms with Gasteiger partial charge in [0.2, 0.25) is 0 Å². The molecule has 5 heteroatoms. The second kappa shape index (κ2) is 13.0. The summed E-state index contributed by atoms with van der Waals surface area (Å²) in [6.07, 6.45) is 0. The summed E-state index contributed by atoms with van der Waals surface area (Å²) >= 11 is 0. The molecule has 164 valence electrons. The van der Waals surface area contributed by atoms with Gasteiger partial charge in [-0.1, -0.05) is 37.1 Å². The maximum Gasteiger partial charge on any atom is 4.00 e. The molecule has 4 aromatic rings. The summed E-state index contributed by atoms with van der Waals surface area (Å²) in [5.41, 5.74) is 5.59. The van der Waals surface area contributed by atoms with Crippen LogP contribution in [0.3, 0.4) is 0 Å². The zero-order chi connectivity index (χ0) is 20.6. The monoisotopic (exact) mass is 656 g/mol. The van der Waals surface area contributed by atoms with Crippen LogP contribution in [0.5, 0.6) is 0 Å². The second-order valence-corrected chi connectivity index (χ2v) is 12.9. The first kappa shape index (κ1) is 31.0. The normalized spacial score (nSPS) is 10.4. The smallest absolute Gasteiger partial charge is 1.00 e. The Morgan fingerprint density at radius 2 is 0.839 bits per heavy atom. The largest absolute Gasteiger partial charge is 4.00 e. The molecule has 0 radical (unpaired) electrons. The van der Waals surface area contributed by atoms with Gasteiger partial charge < -0.3 is 24.8 Å². The maximum atomic E-state index is 2.36. The van der Waals surface area contributed by atoms with Crippen LogP contribution < -0.4 is 35.4 Å². The van der Waals surface area contributed by atoms with Gasteiger partial charge in [-0.15, -0.1) is 83.4 Å². The Balaban J connectivity index is 0.000000529. The average Bonchev–Trinajstić information content (AvgIpc) is 3.28. The maximum absolute atomic E-state index is 2.36. The van der Waals surface area contributed by atoms with Crippen molar-refractivity contribution in [3.63, 3.8) is 0 Å². The molecule has 0 aliphatic rings. The molecule has 0 unspecified atom stereocenters. The molecule has 0 spiro atoms. The molecule has 0 amide bonds. The van der Waals surface area contributed by atoms with E-state index in [9.17, 15) is 0 Å². The van der Waals surface area contributed by atoms with Gasteiger partial charge in [0.05, 0.1) is 0 Å². The van der Waals surface area contributed by atoms with Crippen molar-refractivity contribution in [1.29, 1.82) is 0 Å². The van der Waals surface area contributed by atoms with Crippen LogP contribution in [0.1, 0.15) is 22.3 Å². The Hall–Kier alpha value is -0.0299. The molecular weight excluding hydrogens is 624 g/mol. The molecule has 0 saturated carbocycles. The molecule has 0 aliphatic carbocycles. The van der Waals surface area contributed by atoms with Crippen LogP contribution in [0.2, 0.25) is 0 Å². The van der Waals surface area contributed by atoms with Gasteiger partial charge in [-0.3, -0.25) is 0 Å². The van der Waals surface area contributed by atoms with E-state index in [1.165, 1.54) is 54.4 Å². The summed E-state index contributed by atoms with van der Waals surface area (Å²) < 4.78 is 0. The average molecular weight is 656 g/mol. The molecular formula is C26H32Cl2HfP2. The molecule has 0 heterocycles. The minimum atomic E-state index is 0. The third-order valence-electron chi connectivity index (χ3n) is 5.65. The molecule has 0 fully saturated rings. The summed E-state index contributed by atoms with van der Waals surface area (Å²) in [4.78, 5) is 0. The fourth-order valence-corrected chi connectivity index (χ4v) is 5.22. The number of halogens is 2. The van der Waals surface area contributed by atoms with Crippen molar-refractivity contribution in [3.8, 4) is 0 Å². The zero-order valence-corrected chi connectivity index (χ0v) is 26.7. The third kappa shape index (κ3) is 6.98. The van der Waals surface area contributed by atoms with Crippen molar-refractivity contribution < 1.29 is 50.7 Å². The van der Waals surface area contributed by atoms with E-state index in [0.29, 0.717) is 0 Å². The van der Waals surface area contributed by atoms with Crippen molar-refractivity contribution >= 4 is 48.0 Å². The fourth-order valence-electron chi connectivity index (χ4n) is 3.67. The predicted octanol–water partition coefficient (Wildman–Crippen LogP) is 1.09. The first-order valence-electron chi connectivity index (χ1n) is 9.87. The molecule has 0 aromatic heterocycles. The second-order valence-electron chi connectivity index (χ2n) is 8.27. The summed E-state index contributed by atoms with van der Waals surface area (Å²) in [5, 5.41) is 8.81. The van der Waals surface area contributed by atoms with E-state index in [-0.39, 0.29) is 66.5 Å². The Bertz CT molecular complexity index is 956. The molecule has 0 nitrogen and oxygen atoms in total. The van der Waals surface area contributed by atoms with Crippen LogP contribution in [0.25, 0.3) is 21.5 Å². The van der Waals surface area contributed by atoms with E-state index in [1.807, 2.05) is 0 Å². The summed E-state index contributed by atoms with van der Waals surface area (Å²) in [5.74, 6) is 0. The Morgan fingerprint density at radius 1 is 0.548 bits per heavy atom. The van der Waals surface area contributed by atoms with Crippen LogP contribution in [0, 0.1) is 27.7 Å². The van der Waals surface area contributed by atoms with Crippen molar-refractivity contribution in [2.24, 2.45) is 0 Å². The van der Waals surface area contributed by atoms with Crippen LogP contribution in [-0.4, -0.2) is 26.7 Å². The van der Waals surface area contributed by atoms with E-state index in [2.05, 4.69) is 103 Å². The molecule has 0 N–H and O–H groups in total. The summed E-state index contributed by atoms with van der Waals surface area (Å²) in [6.45, 7) is 18.0. The molecule has 0 aliphatic heterocycles. The summed E-state index contributed by atoms with van der Waals surface area (Å²) in [7, 11) is 0.0657. The minimum absolute atomic E-state index is 0. The molecule has 0 saturated heterocycles. The number of benzene rings is 2. The number of rotatable bonds is 2. The fraction of sp³-hybridized carbons (Fsp3) is 0.308. The van der Waals surface area contributed by atoms with Crippen LogP contribution in [0.15, 0.2) is 48.5 Å². The van der Waals surface area contributed by atoms with Gasteiger partial charge in [0, 0.05) is 0 Å². The van der Waals surface area contributed by atoms with Gasteiger partial charge >= 0.3 is 25.8 Å². The topological polar surface area (TPSA) is 0 Å². The first-order valence-corrected chi connectivity index (χ1v) is 14.3. The predicted molar refractivity (Wildman–Crippen MR) is 135 cm³/mol. The van der Waals surface area contributed by atoms with Crippen molar-refractivity contribution in [1.82, 2.24) is 0 Å². The van der Waals surface area contributed by atoms with Crippen LogP contribution in [0.4, 0.5) is 0 Å². The molecule has 0 atom stereocenters. The van der Waals surface area contributed by atoms with E-state index < -0.39 is 0 Å². The van der Waals surface area contributed by atoms with Gasteiger partial charge in [-0.25, -0.2) is 0 Å². The number of aryl methyl sites for hydroxylation is 4. The summed E-state index contributed by atoms with van der Waals surface area (Å²) in [6, 6.07) is 18.3. The van der Waals surface area contributed by atoms with Crippen molar-refractivity contribution in [3.05, 3.63) is 70.8 Å². The minimum Gasteiger partial charge on any atom is -1.00 e. The molecule has 4 rings (SSSR count). The quantitative estimate of drug-likeness (QED) is 0.173. The van der Waals surface area contributed by atoms with E-state index in [4.69, 9.17) is 0 Å². The first-order chi connectivity index (χ1) is 13.2. The van der Waals surface area contributed by atoms with Crippen LogP contribution in [-0.2, 0) is 25.8 Å². The number of fused-ring (bicyclic) bond motifs is 2. The Morgan fingerprint density at radius 3 is 1.10 bits per heavy atom. The van der Waals surface area contributed by atoms with Gasteiger partial charge in [-0.2, -0.15) is 12.1 Å². The van der Waals surface area contributed by atoms with Crippen molar-refractivity contribution in [2.75, 3.05) is 26.7 Å². The Labute approximate surface area is 222 Å². The van der Waals surface area contributed by atoms with Crippen LogP contribution >= 0.6 is 15.8 Å². The zero-order valence-electron chi connectivity index (χ0n) is 19.8. The van der Waals surface area contributed by atoms with E-state index >= 15 is 0 Å². The van der Waals surface area contributed by atoms with Gasteiger partial charge in [0.15, 0.2) is 0 Å². The number of hydrogen-bond acceptors (Lipinski definition) is 0. The van der Waals surface area contributed by atoms with Gasteiger partial charge in [0.25, 0.3) is 0 Å². The van der Waals surface area contributed by atoms with E-state index in [1.54, 1.807) is 0 Å². The molecule has 0 bridgehead atoms. The standard InChI is InChI=1S/2C13H16P.2ClH.Hf/c2*1-9-5-6-10(2)13-8-11(14(3)4)7-12(9)13;;;/h2*5-8H,1-4H3;2*1H;/q2*-1;;;+4/p-2. The Kier molecular flexibility index (Phi) is 13.0. The third-order valence-corrected chi connectivity index (χ3v) is 8.23. The molecule has 31 heavy (non-hydrogen) atoms. The number of hydrogen-bond donors (Lipinski definition) is 0.